The molecule has 5 heteroatoms. The Morgan fingerprint density at radius 3 is 2.50 bits per heavy atom. The van der Waals surface area contributed by atoms with E-state index in [0.29, 0.717) is 0 Å². The zero-order valence-corrected chi connectivity index (χ0v) is 8.46. The van der Waals surface area contributed by atoms with Crippen LogP contribution in [0.2, 0.25) is 0 Å². The summed E-state index contributed by atoms with van der Waals surface area (Å²) in [7, 11) is 0. The van der Waals surface area contributed by atoms with Crippen LogP contribution in [0.4, 0.5) is 0 Å². The van der Waals surface area contributed by atoms with Crippen LogP contribution in [0.3, 0.4) is 0 Å². The Morgan fingerprint density at radius 1 is 1.57 bits per heavy atom. The lowest BCUT2D eigenvalue weighted by atomic mass is 10.2. The summed E-state index contributed by atoms with van der Waals surface area (Å²) in [6.07, 6.45) is 0. The highest BCUT2D eigenvalue weighted by atomic mass is 35.5. The normalized spacial score (nSPS) is 12.5. The third kappa shape index (κ3) is 1.96. The molecular formula is C9H9ClO4. The maximum atomic E-state index is 11.3. The van der Waals surface area contributed by atoms with Crippen LogP contribution in [0.5, 0.6) is 0 Å². The van der Waals surface area contributed by atoms with Crippen molar-refractivity contribution >= 4 is 23.4 Å². The number of hydrogen-bond donors (Lipinski definition) is 1. The van der Waals surface area contributed by atoms with Crippen molar-refractivity contribution in [2.24, 2.45) is 0 Å². The molecule has 0 radical (unpaired) electrons. The maximum Gasteiger partial charge on any atom is 0.339 e. The van der Waals surface area contributed by atoms with Gasteiger partial charge in [0.1, 0.15) is 11.3 Å². The Kier molecular flexibility index (Phi) is 2.96. The van der Waals surface area contributed by atoms with E-state index in [4.69, 9.17) is 21.1 Å². The predicted molar refractivity (Wildman–Crippen MR) is 50.0 cm³/mol. The van der Waals surface area contributed by atoms with Crippen LogP contribution in [0.25, 0.3) is 0 Å². The molecule has 4 nitrogen and oxygen atoms in total. The minimum atomic E-state index is -1.12. The Labute approximate surface area is 85.5 Å². The SMILES string of the molecule is Cc1oc(C(=O)C(C)Cl)cc1C(=O)O. The first-order chi connectivity index (χ1) is 6.43. The molecular weight excluding hydrogens is 208 g/mol. The van der Waals surface area contributed by atoms with E-state index in [1.54, 1.807) is 0 Å². The Morgan fingerprint density at radius 2 is 2.14 bits per heavy atom. The van der Waals surface area contributed by atoms with E-state index in [1.807, 2.05) is 0 Å². The van der Waals surface area contributed by atoms with Crippen LogP contribution in [0, 0.1) is 6.92 Å². The van der Waals surface area contributed by atoms with E-state index in [-0.39, 0.29) is 17.1 Å². The Balaban J connectivity index is 3.09. The van der Waals surface area contributed by atoms with Crippen molar-refractivity contribution in [2.45, 2.75) is 19.2 Å². The monoisotopic (exact) mass is 216 g/mol. The van der Waals surface area contributed by atoms with E-state index >= 15 is 0 Å². The fourth-order valence-electron chi connectivity index (χ4n) is 1.01. The second-order valence-corrected chi connectivity index (χ2v) is 3.52. The molecule has 14 heavy (non-hydrogen) atoms. The first-order valence-electron chi connectivity index (χ1n) is 3.95. The van der Waals surface area contributed by atoms with Gasteiger partial charge in [-0.2, -0.15) is 0 Å². The number of aromatic carboxylic acids is 1. The van der Waals surface area contributed by atoms with Gasteiger partial charge in [0.05, 0.1) is 5.38 Å². The van der Waals surface area contributed by atoms with E-state index in [2.05, 4.69) is 0 Å². The van der Waals surface area contributed by atoms with Gasteiger partial charge in [-0.1, -0.05) is 0 Å². The van der Waals surface area contributed by atoms with Crippen molar-refractivity contribution in [2.75, 3.05) is 0 Å². The van der Waals surface area contributed by atoms with Crippen molar-refractivity contribution in [3.8, 4) is 0 Å². The number of Topliss-reactive ketones (excluding diaryl/α,β-unsaturated/α-hetero) is 1. The molecule has 0 spiro atoms. The lowest BCUT2D eigenvalue weighted by Crippen LogP contribution is -2.09. The van der Waals surface area contributed by atoms with Crippen LogP contribution in [-0.4, -0.2) is 22.2 Å². The van der Waals surface area contributed by atoms with Crippen LogP contribution < -0.4 is 0 Å². The summed E-state index contributed by atoms with van der Waals surface area (Å²) < 4.78 is 4.98. The molecule has 0 aliphatic carbocycles. The number of furan rings is 1. The second-order valence-electron chi connectivity index (χ2n) is 2.87. The maximum absolute atomic E-state index is 11.3. The number of hydrogen-bond acceptors (Lipinski definition) is 3. The molecule has 1 N–H and O–H groups in total. The Bertz CT molecular complexity index is 378. The molecule has 1 atom stereocenters. The Hall–Kier alpha value is -1.29. The molecule has 0 fully saturated rings. The van der Waals surface area contributed by atoms with Gasteiger partial charge in [-0.25, -0.2) is 4.79 Å². The lowest BCUT2D eigenvalue weighted by molar-refractivity contribution is 0.0694. The molecule has 0 bridgehead atoms. The minimum Gasteiger partial charge on any atom is -0.478 e. The molecule has 0 aliphatic heterocycles. The smallest absolute Gasteiger partial charge is 0.339 e. The second kappa shape index (κ2) is 3.84. The van der Waals surface area contributed by atoms with Crippen molar-refractivity contribution in [3.63, 3.8) is 0 Å². The van der Waals surface area contributed by atoms with E-state index < -0.39 is 17.1 Å². The summed E-state index contributed by atoms with van der Waals surface area (Å²) in [4.78, 5) is 21.9. The largest absolute Gasteiger partial charge is 0.478 e. The summed E-state index contributed by atoms with van der Waals surface area (Å²) in [6, 6.07) is 1.19. The number of rotatable bonds is 3. The van der Waals surface area contributed by atoms with Gasteiger partial charge < -0.3 is 9.52 Å². The third-order valence-corrected chi connectivity index (χ3v) is 1.95. The topological polar surface area (TPSA) is 67.5 Å². The van der Waals surface area contributed by atoms with Crippen molar-refractivity contribution in [1.82, 2.24) is 0 Å². The molecule has 76 valence electrons. The number of carboxylic acid groups (broad SMARTS) is 1. The van der Waals surface area contributed by atoms with E-state index in [0.717, 1.165) is 0 Å². The highest BCUT2D eigenvalue weighted by molar-refractivity contribution is 6.33. The van der Waals surface area contributed by atoms with Crippen molar-refractivity contribution < 1.29 is 19.1 Å². The van der Waals surface area contributed by atoms with E-state index in [1.165, 1.54) is 19.9 Å². The third-order valence-electron chi connectivity index (χ3n) is 1.75. The highest BCUT2D eigenvalue weighted by Crippen LogP contribution is 2.17. The minimum absolute atomic E-state index is 0.00864. The summed E-state index contributed by atoms with van der Waals surface area (Å²) in [5, 5.41) is 7.97. The van der Waals surface area contributed by atoms with Crippen LogP contribution in [0.1, 0.15) is 33.6 Å². The fraction of sp³-hybridized carbons (Fsp3) is 0.333. The highest BCUT2D eigenvalue weighted by Gasteiger charge is 2.21. The van der Waals surface area contributed by atoms with E-state index in [9.17, 15) is 9.59 Å². The number of alkyl halides is 1. The molecule has 0 saturated carbocycles. The lowest BCUT2D eigenvalue weighted by Gasteiger charge is -1.95. The first-order valence-corrected chi connectivity index (χ1v) is 4.39. The van der Waals surface area contributed by atoms with Gasteiger partial charge in [0.25, 0.3) is 0 Å². The number of halogens is 1. The van der Waals surface area contributed by atoms with Gasteiger partial charge in [-0.15, -0.1) is 11.6 Å². The number of carbonyl (C=O) groups excluding carboxylic acids is 1. The first kappa shape index (κ1) is 10.8. The fourth-order valence-corrected chi connectivity index (χ4v) is 1.12. The molecule has 0 aromatic carbocycles. The number of ketones is 1. The van der Waals surface area contributed by atoms with Gasteiger partial charge in [-0.3, -0.25) is 4.79 Å². The number of aryl methyl sites for hydroxylation is 1. The van der Waals surface area contributed by atoms with Gasteiger partial charge in [0.2, 0.25) is 5.78 Å². The summed E-state index contributed by atoms with van der Waals surface area (Å²) >= 11 is 5.55. The average molecular weight is 217 g/mol. The standard InChI is InChI=1S/C9H9ClO4/c1-4(10)8(11)7-3-6(9(12)13)5(2)14-7/h3-4H,1-2H3,(H,12,13). The van der Waals surface area contributed by atoms with Gasteiger partial charge in [0.15, 0.2) is 5.76 Å². The van der Waals surface area contributed by atoms with Gasteiger partial charge in [-0.05, 0) is 13.8 Å². The molecule has 0 saturated heterocycles. The van der Waals surface area contributed by atoms with Gasteiger partial charge in [0, 0.05) is 6.07 Å². The summed E-state index contributed by atoms with van der Waals surface area (Å²) in [6.45, 7) is 2.99. The zero-order chi connectivity index (χ0) is 10.9. The summed E-state index contributed by atoms with van der Waals surface area (Å²) in [5.74, 6) is -1.34. The number of carbonyl (C=O) groups is 2. The number of carboxylic acids is 1. The molecule has 0 amide bonds. The molecule has 1 rings (SSSR count). The van der Waals surface area contributed by atoms with Crippen LogP contribution in [-0.2, 0) is 0 Å². The summed E-state index contributed by atoms with van der Waals surface area (Å²) in [5.41, 5.74) is -0.00864. The van der Waals surface area contributed by atoms with Crippen molar-refractivity contribution in [1.29, 1.82) is 0 Å². The molecule has 0 aliphatic rings. The molecule has 1 aromatic rings. The van der Waals surface area contributed by atoms with Crippen LogP contribution in [0.15, 0.2) is 10.5 Å². The van der Waals surface area contributed by atoms with Crippen molar-refractivity contribution in [3.05, 3.63) is 23.2 Å². The molecule has 1 aromatic heterocycles. The quantitative estimate of drug-likeness (QED) is 0.621. The van der Waals surface area contributed by atoms with Gasteiger partial charge >= 0.3 is 5.97 Å². The predicted octanol–water partition coefficient (Wildman–Crippen LogP) is 2.10. The molecule has 1 unspecified atom stereocenters. The zero-order valence-electron chi connectivity index (χ0n) is 7.70. The van der Waals surface area contributed by atoms with Crippen LogP contribution >= 0.6 is 11.6 Å². The average Bonchev–Trinajstić information content (AvgIpc) is 2.45. The molecule has 1 heterocycles.